The molecule has 118 valence electrons. The second-order valence-corrected chi connectivity index (χ2v) is 6.83. The molecule has 0 bridgehead atoms. The van der Waals surface area contributed by atoms with Gasteiger partial charge in [0.15, 0.2) is 5.82 Å². The van der Waals surface area contributed by atoms with E-state index in [1.165, 1.54) is 12.4 Å². The molecule has 0 saturated carbocycles. The van der Waals surface area contributed by atoms with Gasteiger partial charge in [-0.15, -0.1) is 0 Å². The Morgan fingerprint density at radius 3 is 2.73 bits per heavy atom. The molecule has 3 heterocycles. The van der Waals surface area contributed by atoms with Crippen LogP contribution in [0.15, 0.2) is 29.7 Å². The Bertz CT molecular complexity index is 694. The predicted octanol–water partition coefficient (Wildman–Crippen LogP) is 0.920. The fraction of sp³-hybridized carbons (Fsp3) is 0.462. The predicted molar refractivity (Wildman–Crippen MR) is 77.2 cm³/mol. The van der Waals surface area contributed by atoms with Crippen LogP contribution >= 0.6 is 0 Å². The van der Waals surface area contributed by atoms with E-state index in [1.54, 1.807) is 12.4 Å². The molecule has 0 amide bonds. The summed E-state index contributed by atoms with van der Waals surface area (Å²) in [4.78, 5) is 8.65. The number of aromatic nitrogens is 4. The first-order valence-electron chi connectivity index (χ1n) is 7.06. The van der Waals surface area contributed by atoms with E-state index in [2.05, 4.69) is 24.9 Å². The molecule has 1 aliphatic rings. The number of nitrogens with one attached hydrogen (secondary N) is 2. The molecule has 0 radical (unpaired) electrons. The van der Waals surface area contributed by atoms with E-state index in [-0.39, 0.29) is 17.5 Å². The summed E-state index contributed by atoms with van der Waals surface area (Å²) in [6.45, 7) is 0.861. The van der Waals surface area contributed by atoms with Crippen LogP contribution in [0.5, 0.6) is 0 Å². The van der Waals surface area contributed by atoms with Gasteiger partial charge in [-0.3, -0.25) is 5.10 Å². The van der Waals surface area contributed by atoms with E-state index in [4.69, 9.17) is 4.74 Å². The number of H-pyrrole nitrogens is 1. The van der Waals surface area contributed by atoms with Gasteiger partial charge in [0.25, 0.3) is 0 Å². The molecule has 0 aromatic carbocycles. The summed E-state index contributed by atoms with van der Waals surface area (Å²) in [5.41, 5.74) is 0.687. The first-order chi connectivity index (χ1) is 10.6. The third-order valence-electron chi connectivity index (χ3n) is 3.44. The smallest absolute Gasteiger partial charge is 0.243 e. The second kappa shape index (κ2) is 6.51. The lowest BCUT2D eigenvalue weighted by Gasteiger charge is -2.21. The van der Waals surface area contributed by atoms with Gasteiger partial charge in [-0.1, -0.05) is 0 Å². The summed E-state index contributed by atoms with van der Waals surface area (Å²) >= 11 is 0. The van der Waals surface area contributed by atoms with E-state index in [9.17, 15) is 8.42 Å². The maximum Gasteiger partial charge on any atom is 0.243 e. The van der Waals surface area contributed by atoms with E-state index in [0.29, 0.717) is 11.4 Å². The average Bonchev–Trinajstić information content (AvgIpc) is 3.10. The number of rotatable bonds is 5. The standard InChI is InChI=1S/C13H17N5O3S/c19-22(20,11-8-16-17-9-11)18-7-10-5-14-13(15-6-10)12-3-1-2-4-21-12/h5-6,8-9,12,18H,1-4,7H2,(H,16,17)/t12-/m0/s1. The number of hydrogen-bond donors (Lipinski definition) is 2. The lowest BCUT2D eigenvalue weighted by molar-refractivity contribution is 0.00940. The van der Waals surface area contributed by atoms with Crippen molar-refractivity contribution >= 4 is 10.0 Å². The Morgan fingerprint density at radius 2 is 2.09 bits per heavy atom. The van der Waals surface area contributed by atoms with Crippen molar-refractivity contribution in [1.29, 1.82) is 0 Å². The molecule has 2 N–H and O–H groups in total. The summed E-state index contributed by atoms with van der Waals surface area (Å²) in [6.07, 6.45) is 8.88. The van der Waals surface area contributed by atoms with Gasteiger partial charge in [0, 0.05) is 37.3 Å². The van der Waals surface area contributed by atoms with Crippen LogP contribution in [-0.2, 0) is 21.3 Å². The Morgan fingerprint density at radius 1 is 1.27 bits per heavy atom. The third-order valence-corrected chi connectivity index (χ3v) is 4.81. The van der Waals surface area contributed by atoms with Crippen LogP contribution in [0.3, 0.4) is 0 Å². The van der Waals surface area contributed by atoms with Crippen LogP contribution in [0.1, 0.15) is 36.8 Å². The largest absolute Gasteiger partial charge is 0.370 e. The molecule has 1 aliphatic heterocycles. The van der Waals surface area contributed by atoms with Gasteiger partial charge in [-0.05, 0) is 19.3 Å². The molecule has 1 fully saturated rings. The molecule has 22 heavy (non-hydrogen) atoms. The maximum absolute atomic E-state index is 11.9. The minimum atomic E-state index is -3.57. The summed E-state index contributed by atoms with van der Waals surface area (Å²) in [7, 11) is -3.57. The zero-order valence-corrected chi connectivity index (χ0v) is 12.7. The van der Waals surface area contributed by atoms with E-state index in [0.717, 1.165) is 25.9 Å². The zero-order chi connectivity index (χ0) is 15.4. The van der Waals surface area contributed by atoms with Gasteiger partial charge >= 0.3 is 0 Å². The highest BCUT2D eigenvalue weighted by Crippen LogP contribution is 2.24. The van der Waals surface area contributed by atoms with Gasteiger partial charge in [0.05, 0.1) is 6.20 Å². The van der Waals surface area contributed by atoms with Crippen molar-refractivity contribution in [2.45, 2.75) is 36.8 Å². The van der Waals surface area contributed by atoms with Crippen molar-refractivity contribution < 1.29 is 13.2 Å². The van der Waals surface area contributed by atoms with Crippen molar-refractivity contribution in [1.82, 2.24) is 24.9 Å². The minimum absolute atomic E-state index is 0.0505. The zero-order valence-electron chi connectivity index (χ0n) is 11.9. The lowest BCUT2D eigenvalue weighted by atomic mass is 10.1. The molecule has 9 heteroatoms. The van der Waals surface area contributed by atoms with E-state index >= 15 is 0 Å². The molecule has 2 aromatic rings. The molecule has 1 saturated heterocycles. The quantitative estimate of drug-likeness (QED) is 0.846. The van der Waals surface area contributed by atoms with Gasteiger partial charge in [0.2, 0.25) is 10.0 Å². The summed E-state index contributed by atoms with van der Waals surface area (Å²) in [5, 5.41) is 6.09. The highest BCUT2D eigenvalue weighted by Gasteiger charge is 2.19. The first-order valence-corrected chi connectivity index (χ1v) is 8.54. The number of sulfonamides is 1. The maximum atomic E-state index is 11.9. The highest BCUT2D eigenvalue weighted by atomic mass is 32.2. The van der Waals surface area contributed by atoms with Crippen molar-refractivity contribution in [3.8, 4) is 0 Å². The van der Waals surface area contributed by atoms with Crippen LogP contribution in [0.25, 0.3) is 0 Å². The van der Waals surface area contributed by atoms with Gasteiger partial charge < -0.3 is 4.74 Å². The minimum Gasteiger partial charge on any atom is -0.370 e. The Balaban J connectivity index is 1.61. The first kappa shape index (κ1) is 15.1. The number of hydrogen-bond acceptors (Lipinski definition) is 6. The molecule has 2 aromatic heterocycles. The van der Waals surface area contributed by atoms with E-state index < -0.39 is 10.0 Å². The SMILES string of the molecule is O=S(=O)(NCc1cnc([C@@H]2CCCCO2)nc1)c1cn[nH]c1. The number of nitrogens with zero attached hydrogens (tertiary/aromatic N) is 3. The lowest BCUT2D eigenvalue weighted by Crippen LogP contribution is -2.23. The monoisotopic (exact) mass is 323 g/mol. The topological polar surface area (TPSA) is 110 Å². The molecular formula is C13H17N5O3S. The number of ether oxygens (including phenoxy) is 1. The fourth-order valence-electron chi connectivity index (χ4n) is 2.21. The molecule has 8 nitrogen and oxygen atoms in total. The number of aromatic amines is 1. The Hall–Kier alpha value is -1.84. The Kier molecular flexibility index (Phi) is 4.46. The molecule has 1 atom stereocenters. The van der Waals surface area contributed by atoms with Crippen LogP contribution < -0.4 is 4.72 Å². The fourth-order valence-corrected chi connectivity index (χ4v) is 3.14. The highest BCUT2D eigenvalue weighted by molar-refractivity contribution is 7.89. The summed E-state index contributed by atoms with van der Waals surface area (Å²) < 4.78 is 32.0. The average molecular weight is 323 g/mol. The van der Waals surface area contributed by atoms with Crippen molar-refractivity contribution in [2.24, 2.45) is 0 Å². The van der Waals surface area contributed by atoms with Gasteiger partial charge in [-0.2, -0.15) is 5.10 Å². The molecule has 0 aliphatic carbocycles. The third kappa shape index (κ3) is 3.49. The molecular weight excluding hydrogens is 306 g/mol. The summed E-state index contributed by atoms with van der Waals surface area (Å²) in [5.74, 6) is 0.654. The summed E-state index contributed by atoms with van der Waals surface area (Å²) in [6, 6.07) is 0. The van der Waals surface area contributed by atoms with Crippen LogP contribution in [0.4, 0.5) is 0 Å². The van der Waals surface area contributed by atoms with Crippen molar-refractivity contribution in [3.63, 3.8) is 0 Å². The van der Waals surface area contributed by atoms with Crippen LogP contribution in [0, 0.1) is 0 Å². The molecule has 0 unspecified atom stereocenters. The second-order valence-electron chi connectivity index (χ2n) is 5.06. The molecule has 0 spiro atoms. The van der Waals surface area contributed by atoms with Crippen molar-refractivity contribution in [2.75, 3.05) is 6.61 Å². The van der Waals surface area contributed by atoms with E-state index in [1.807, 2.05) is 0 Å². The van der Waals surface area contributed by atoms with Gasteiger partial charge in [0.1, 0.15) is 11.0 Å². The van der Waals surface area contributed by atoms with Crippen molar-refractivity contribution in [3.05, 3.63) is 36.2 Å². The van der Waals surface area contributed by atoms with Crippen LogP contribution in [-0.4, -0.2) is 35.2 Å². The van der Waals surface area contributed by atoms with Crippen LogP contribution in [0.2, 0.25) is 0 Å². The molecule has 3 rings (SSSR count). The normalized spacial score (nSPS) is 19.2. The Labute approximate surface area is 128 Å². The van der Waals surface area contributed by atoms with Gasteiger partial charge in [-0.25, -0.2) is 23.1 Å².